The van der Waals surface area contributed by atoms with Crippen LogP contribution in [0.1, 0.15) is 11.3 Å². The van der Waals surface area contributed by atoms with Crippen LogP contribution < -0.4 is 11.4 Å². The van der Waals surface area contributed by atoms with Crippen molar-refractivity contribution in [2.45, 2.75) is 0 Å². The summed E-state index contributed by atoms with van der Waals surface area (Å²) in [5, 5.41) is 2.47. The smallest absolute Gasteiger partial charge is 0.328 e. The summed E-state index contributed by atoms with van der Waals surface area (Å²) in [6, 6.07) is 5.92. The molecule has 102 valence electrons. The second kappa shape index (κ2) is 4.64. The zero-order valence-electron chi connectivity index (χ0n) is 11.2. The van der Waals surface area contributed by atoms with Crippen molar-refractivity contribution in [3.8, 4) is 0 Å². The standard InChI is InChI=1S/C14H14N4OS/c1-17-11-6-4-9(7-12(11)18(2)14(17)19)3-5-10-8-20-13(15)16-10/h3-8H,1-2H3,(H2,15,16). The Bertz CT molecular complexity index is 869. The van der Waals surface area contributed by atoms with E-state index in [1.54, 1.807) is 23.2 Å². The zero-order valence-corrected chi connectivity index (χ0v) is 12.0. The fourth-order valence-corrected chi connectivity index (χ4v) is 2.72. The number of nitrogen functional groups attached to an aromatic ring is 1. The van der Waals surface area contributed by atoms with E-state index in [0.29, 0.717) is 5.13 Å². The predicted octanol–water partition coefficient (Wildman–Crippen LogP) is 2.09. The number of fused-ring (bicyclic) bond motifs is 1. The number of aryl methyl sites for hydroxylation is 2. The molecule has 0 spiro atoms. The molecule has 0 saturated heterocycles. The molecule has 3 rings (SSSR count). The summed E-state index contributed by atoms with van der Waals surface area (Å²) < 4.78 is 3.29. The summed E-state index contributed by atoms with van der Waals surface area (Å²) in [6.45, 7) is 0. The first-order valence-corrected chi connectivity index (χ1v) is 6.99. The van der Waals surface area contributed by atoms with Gasteiger partial charge in [0.15, 0.2) is 5.13 Å². The second-order valence-electron chi connectivity index (χ2n) is 4.59. The van der Waals surface area contributed by atoms with Gasteiger partial charge in [-0.3, -0.25) is 9.13 Å². The Labute approximate surface area is 119 Å². The second-order valence-corrected chi connectivity index (χ2v) is 5.48. The Hall–Kier alpha value is -2.34. The Morgan fingerprint density at radius 1 is 1.20 bits per heavy atom. The minimum atomic E-state index is -0.0200. The summed E-state index contributed by atoms with van der Waals surface area (Å²) in [5.74, 6) is 0. The minimum absolute atomic E-state index is 0.0200. The number of thiazole rings is 1. The van der Waals surface area contributed by atoms with Gasteiger partial charge >= 0.3 is 5.69 Å². The molecular weight excluding hydrogens is 272 g/mol. The van der Waals surface area contributed by atoms with E-state index in [0.717, 1.165) is 22.3 Å². The number of aromatic nitrogens is 3. The van der Waals surface area contributed by atoms with E-state index in [1.165, 1.54) is 11.3 Å². The lowest BCUT2D eigenvalue weighted by Gasteiger charge is -1.97. The van der Waals surface area contributed by atoms with E-state index < -0.39 is 0 Å². The first-order valence-electron chi connectivity index (χ1n) is 6.11. The molecule has 0 aliphatic heterocycles. The van der Waals surface area contributed by atoms with Gasteiger partial charge in [0.25, 0.3) is 0 Å². The SMILES string of the molecule is Cn1c(=O)n(C)c2cc(C=Cc3csc(N)n3)ccc21. The number of rotatable bonds is 2. The first-order chi connectivity index (χ1) is 9.56. The van der Waals surface area contributed by atoms with Crippen LogP contribution in [0.25, 0.3) is 23.2 Å². The number of imidazole rings is 1. The van der Waals surface area contributed by atoms with Gasteiger partial charge < -0.3 is 5.73 Å². The van der Waals surface area contributed by atoms with Crippen molar-refractivity contribution in [3.05, 3.63) is 45.3 Å². The van der Waals surface area contributed by atoms with Crippen molar-refractivity contribution in [1.29, 1.82) is 0 Å². The molecule has 3 aromatic rings. The normalized spacial score (nSPS) is 11.7. The highest BCUT2D eigenvalue weighted by atomic mass is 32.1. The maximum Gasteiger partial charge on any atom is 0.328 e. The predicted molar refractivity (Wildman–Crippen MR) is 83.6 cm³/mol. The highest BCUT2D eigenvalue weighted by Crippen LogP contribution is 2.17. The highest BCUT2D eigenvalue weighted by Gasteiger charge is 2.07. The Morgan fingerprint density at radius 2 is 1.95 bits per heavy atom. The van der Waals surface area contributed by atoms with Gasteiger partial charge in [0.1, 0.15) is 0 Å². The fraction of sp³-hybridized carbons (Fsp3) is 0.143. The van der Waals surface area contributed by atoms with Crippen LogP contribution in [0.2, 0.25) is 0 Å². The molecule has 2 N–H and O–H groups in total. The first kappa shape index (κ1) is 12.7. The van der Waals surface area contributed by atoms with Gasteiger partial charge in [-0.15, -0.1) is 11.3 Å². The van der Waals surface area contributed by atoms with E-state index in [9.17, 15) is 4.79 Å². The van der Waals surface area contributed by atoms with Crippen molar-refractivity contribution in [1.82, 2.24) is 14.1 Å². The number of anilines is 1. The number of hydrogen-bond acceptors (Lipinski definition) is 4. The average molecular weight is 286 g/mol. The molecule has 0 fully saturated rings. The molecule has 20 heavy (non-hydrogen) atoms. The number of hydrogen-bond donors (Lipinski definition) is 1. The highest BCUT2D eigenvalue weighted by molar-refractivity contribution is 7.13. The van der Waals surface area contributed by atoms with Crippen LogP contribution in [0.15, 0.2) is 28.4 Å². The van der Waals surface area contributed by atoms with Gasteiger partial charge in [0, 0.05) is 19.5 Å². The van der Waals surface area contributed by atoms with E-state index in [4.69, 9.17) is 5.73 Å². The van der Waals surface area contributed by atoms with Crippen molar-refractivity contribution in [2.75, 3.05) is 5.73 Å². The molecule has 0 atom stereocenters. The Balaban J connectivity index is 2.03. The lowest BCUT2D eigenvalue weighted by atomic mass is 10.2. The van der Waals surface area contributed by atoms with Crippen molar-refractivity contribution in [2.24, 2.45) is 14.1 Å². The zero-order chi connectivity index (χ0) is 14.3. The topological polar surface area (TPSA) is 65.8 Å². The number of nitrogens with zero attached hydrogens (tertiary/aromatic N) is 3. The summed E-state index contributed by atoms with van der Waals surface area (Å²) >= 11 is 1.42. The summed E-state index contributed by atoms with van der Waals surface area (Å²) in [7, 11) is 3.55. The molecule has 0 saturated carbocycles. The molecule has 0 aliphatic carbocycles. The molecule has 2 heterocycles. The van der Waals surface area contributed by atoms with E-state index in [1.807, 2.05) is 35.7 Å². The van der Waals surface area contributed by atoms with Crippen LogP contribution in [0.4, 0.5) is 5.13 Å². The summed E-state index contributed by atoms with van der Waals surface area (Å²) in [6.07, 6.45) is 3.88. The third kappa shape index (κ3) is 2.04. The molecule has 1 aromatic carbocycles. The van der Waals surface area contributed by atoms with Crippen LogP contribution in [0, 0.1) is 0 Å². The lowest BCUT2D eigenvalue weighted by molar-refractivity contribution is 0.795. The molecular formula is C14H14N4OS. The Kier molecular flexibility index (Phi) is 2.94. The number of benzene rings is 1. The third-order valence-corrected chi connectivity index (χ3v) is 3.97. The molecule has 0 radical (unpaired) electrons. The van der Waals surface area contributed by atoms with Gasteiger partial charge in [-0.25, -0.2) is 9.78 Å². The monoisotopic (exact) mass is 286 g/mol. The minimum Gasteiger partial charge on any atom is -0.375 e. The van der Waals surface area contributed by atoms with Crippen LogP contribution >= 0.6 is 11.3 Å². The van der Waals surface area contributed by atoms with Crippen molar-refractivity contribution in [3.63, 3.8) is 0 Å². The summed E-state index contributed by atoms with van der Waals surface area (Å²) in [5.41, 5.74) is 9.27. The van der Waals surface area contributed by atoms with E-state index in [-0.39, 0.29) is 5.69 Å². The van der Waals surface area contributed by atoms with E-state index in [2.05, 4.69) is 4.98 Å². The van der Waals surface area contributed by atoms with Gasteiger partial charge in [0.05, 0.1) is 16.7 Å². The van der Waals surface area contributed by atoms with Crippen LogP contribution in [-0.2, 0) is 14.1 Å². The fourth-order valence-electron chi connectivity index (χ4n) is 2.19. The van der Waals surface area contributed by atoms with Gasteiger partial charge in [-0.1, -0.05) is 12.1 Å². The van der Waals surface area contributed by atoms with Crippen molar-refractivity contribution >= 4 is 39.7 Å². The maximum atomic E-state index is 11.9. The maximum absolute atomic E-state index is 11.9. The summed E-state index contributed by atoms with van der Waals surface area (Å²) in [4.78, 5) is 16.0. The van der Waals surface area contributed by atoms with Crippen molar-refractivity contribution < 1.29 is 0 Å². The van der Waals surface area contributed by atoms with Gasteiger partial charge in [0.2, 0.25) is 0 Å². The van der Waals surface area contributed by atoms with Crippen LogP contribution in [0.3, 0.4) is 0 Å². The molecule has 0 unspecified atom stereocenters. The molecule has 0 aliphatic rings. The lowest BCUT2D eigenvalue weighted by Crippen LogP contribution is -2.19. The quantitative estimate of drug-likeness (QED) is 0.784. The van der Waals surface area contributed by atoms with Crippen LogP contribution in [-0.4, -0.2) is 14.1 Å². The van der Waals surface area contributed by atoms with Gasteiger partial charge in [-0.05, 0) is 23.8 Å². The molecule has 0 amide bonds. The third-order valence-electron chi connectivity index (χ3n) is 3.28. The van der Waals surface area contributed by atoms with E-state index >= 15 is 0 Å². The number of nitrogens with two attached hydrogens (primary N) is 1. The molecule has 2 aromatic heterocycles. The van der Waals surface area contributed by atoms with Gasteiger partial charge in [-0.2, -0.15) is 0 Å². The molecule has 5 nitrogen and oxygen atoms in total. The molecule has 6 heteroatoms. The Morgan fingerprint density at radius 3 is 2.65 bits per heavy atom. The molecule has 0 bridgehead atoms. The average Bonchev–Trinajstić information content (AvgIpc) is 2.95. The van der Waals surface area contributed by atoms with Crippen LogP contribution in [0.5, 0.6) is 0 Å². The largest absolute Gasteiger partial charge is 0.375 e.